The minimum atomic E-state index is 0.118. The predicted molar refractivity (Wildman–Crippen MR) is 66.4 cm³/mol. The molecule has 0 radical (unpaired) electrons. The van der Waals surface area contributed by atoms with Crippen LogP contribution in [0.25, 0.3) is 0 Å². The molecule has 0 bridgehead atoms. The van der Waals surface area contributed by atoms with Crippen molar-refractivity contribution in [3.63, 3.8) is 0 Å². The maximum atomic E-state index is 3.59. The summed E-state index contributed by atoms with van der Waals surface area (Å²) in [5.74, 6) is 0. The van der Waals surface area contributed by atoms with E-state index in [0.29, 0.717) is 0 Å². The first-order valence-corrected chi connectivity index (χ1v) is 5.76. The van der Waals surface area contributed by atoms with Crippen molar-refractivity contribution in [2.75, 3.05) is 5.33 Å². The normalized spacial score (nSPS) is 9.50. The van der Waals surface area contributed by atoms with Crippen LogP contribution in [0.5, 0.6) is 0 Å². The number of allylic oxidation sites excluding steroid dienone is 3. The lowest BCUT2D eigenvalue weighted by Gasteiger charge is -2.05. The Balaban J connectivity index is 0. The van der Waals surface area contributed by atoms with Crippen LogP contribution in [0.3, 0.4) is 0 Å². The number of alkyl halides is 2. The first-order chi connectivity index (χ1) is 5.33. The molecule has 0 heterocycles. The largest absolute Gasteiger partial charge is 0.102 e. The number of hydrogen-bond acceptors (Lipinski definition) is 0. The van der Waals surface area contributed by atoms with Crippen molar-refractivity contribution in [2.24, 2.45) is 0 Å². The molecule has 2 heteroatoms. The van der Waals surface area contributed by atoms with Crippen molar-refractivity contribution >= 4 is 31.9 Å². The lowest BCUT2D eigenvalue weighted by molar-refractivity contribution is 0.924. The van der Waals surface area contributed by atoms with Gasteiger partial charge in [-0.3, -0.25) is 0 Å². The Morgan fingerprint density at radius 3 is 1.75 bits per heavy atom. The fourth-order valence-electron chi connectivity index (χ4n) is 0.154. The molecule has 0 aliphatic rings. The summed E-state index contributed by atoms with van der Waals surface area (Å²) in [6.07, 6.45) is 3.98. The van der Waals surface area contributed by atoms with Crippen molar-refractivity contribution in [3.8, 4) is 0 Å². The zero-order chi connectivity index (χ0) is 10.2. The Bertz CT molecular complexity index is 136. The van der Waals surface area contributed by atoms with Crippen molar-refractivity contribution < 1.29 is 0 Å². The molecule has 0 aromatic rings. The number of rotatable bonds is 2. The van der Waals surface area contributed by atoms with Crippen LogP contribution in [0.4, 0.5) is 0 Å². The van der Waals surface area contributed by atoms with Gasteiger partial charge in [-0.05, 0) is 27.7 Å². The van der Waals surface area contributed by atoms with Crippen LogP contribution in [-0.2, 0) is 0 Å². The molecule has 0 aromatic heterocycles. The fourth-order valence-corrected chi connectivity index (χ4v) is 0.802. The van der Waals surface area contributed by atoms with Crippen LogP contribution in [-0.4, -0.2) is 9.65 Å². The van der Waals surface area contributed by atoms with Crippen LogP contribution < -0.4 is 0 Å². The zero-order valence-corrected chi connectivity index (χ0v) is 11.5. The molecule has 0 aliphatic carbocycles. The van der Waals surface area contributed by atoms with Gasteiger partial charge in [0.2, 0.25) is 0 Å². The summed E-state index contributed by atoms with van der Waals surface area (Å²) in [6, 6.07) is 0. The molecule has 0 N–H and O–H groups in total. The lowest BCUT2D eigenvalue weighted by Crippen LogP contribution is -2.00. The van der Waals surface area contributed by atoms with E-state index in [2.05, 4.69) is 58.4 Å². The van der Waals surface area contributed by atoms with Crippen LogP contribution in [0.1, 0.15) is 27.7 Å². The van der Waals surface area contributed by atoms with Gasteiger partial charge in [0.25, 0.3) is 0 Å². The first-order valence-electron chi connectivity index (χ1n) is 3.85. The quantitative estimate of drug-likeness (QED) is 0.512. The Morgan fingerprint density at radius 2 is 1.75 bits per heavy atom. The molecular formula is C10H18Br2. The third-order valence-corrected chi connectivity index (χ3v) is 1.62. The second kappa shape index (κ2) is 8.06. The summed E-state index contributed by atoms with van der Waals surface area (Å²) in [7, 11) is 0. The molecule has 0 aromatic carbocycles. The number of hydrogen-bond donors (Lipinski definition) is 0. The molecular weight excluding hydrogens is 280 g/mol. The van der Waals surface area contributed by atoms with Gasteiger partial charge < -0.3 is 0 Å². The smallest absolute Gasteiger partial charge is 0.0377 e. The van der Waals surface area contributed by atoms with E-state index in [4.69, 9.17) is 0 Å². The lowest BCUT2D eigenvalue weighted by atomic mass is 10.2. The molecule has 0 nitrogen and oxygen atoms in total. The maximum Gasteiger partial charge on any atom is 0.0377 e. The van der Waals surface area contributed by atoms with Crippen LogP contribution in [0, 0.1) is 0 Å². The molecule has 72 valence electrons. The van der Waals surface area contributed by atoms with E-state index in [0.717, 1.165) is 5.33 Å². The average molecular weight is 298 g/mol. The van der Waals surface area contributed by atoms with Gasteiger partial charge in [0.15, 0.2) is 0 Å². The third-order valence-electron chi connectivity index (χ3n) is 0.971. The van der Waals surface area contributed by atoms with Gasteiger partial charge in [0.05, 0.1) is 0 Å². The highest BCUT2D eigenvalue weighted by atomic mass is 79.9. The van der Waals surface area contributed by atoms with Crippen molar-refractivity contribution in [1.29, 1.82) is 0 Å². The summed E-state index contributed by atoms with van der Waals surface area (Å²) < 4.78 is 0.118. The SMILES string of the molecule is C=CC(C)(C)Br.CC(C)=CCBr. The molecule has 0 amide bonds. The molecule has 0 saturated heterocycles. The highest BCUT2D eigenvalue weighted by molar-refractivity contribution is 9.10. The van der Waals surface area contributed by atoms with Crippen LogP contribution in [0.2, 0.25) is 0 Å². The summed E-state index contributed by atoms with van der Waals surface area (Å²) in [6.45, 7) is 11.8. The third kappa shape index (κ3) is 22.4. The van der Waals surface area contributed by atoms with Gasteiger partial charge in [-0.2, -0.15) is 0 Å². The molecule has 0 aliphatic heterocycles. The van der Waals surface area contributed by atoms with E-state index in [-0.39, 0.29) is 4.32 Å². The van der Waals surface area contributed by atoms with Gasteiger partial charge >= 0.3 is 0 Å². The predicted octanol–water partition coefficient (Wildman–Crippen LogP) is 4.69. The van der Waals surface area contributed by atoms with E-state index in [1.807, 2.05) is 19.9 Å². The molecule has 12 heavy (non-hydrogen) atoms. The topological polar surface area (TPSA) is 0 Å². The first kappa shape index (κ1) is 14.9. The van der Waals surface area contributed by atoms with E-state index < -0.39 is 0 Å². The summed E-state index contributed by atoms with van der Waals surface area (Å²) in [5.41, 5.74) is 1.37. The van der Waals surface area contributed by atoms with Crippen LogP contribution >= 0.6 is 31.9 Å². The van der Waals surface area contributed by atoms with Gasteiger partial charge in [0, 0.05) is 9.65 Å². The maximum absolute atomic E-state index is 3.59. The second-order valence-electron chi connectivity index (χ2n) is 3.20. The second-order valence-corrected chi connectivity index (χ2v) is 5.90. The Labute approximate surface area is 93.4 Å². The summed E-state index contributed by atoms with van der Waals surface area (Å²) >= 11 is 6.63. The molecule has 0 fully saturated rings. The molecule has 0 unspecified atom stereocenters. The highest BCUT2D eigenvalue weighted by Crippen LogP contribution is 2.14. The Hall–Kier alpha value is 0.440. The fraction of sp³-hybridized carbons (Fsp3) is 0.600. The minimum Gasteiger partial charge on any atom is -0.102 e. The molecule has 0 atom stereocenters. The molecule has 0 saturated carbocycles. The monoisotopic (exact) mass is 296 g/mol. The van der Waals surface area contributed by atoms with Crippen LogP contribution in [0.15, 0.2) is 24.3 Å². The van der Waals surface area contributed by atoms with E-state index >= 15 is 0 Å². The average Bonchev–Trinajstić information content (AvgIpc) is 1.87. The van der Waals surface area contributed by atoms with Gasteiger partial charge in [0.1, 0.15) is 0 Å². The summed E-state index contributed by atoms with van der Waals surface area (Å²) in [5, 5.41) is 0.981. The van der Waals surface area contributed by atoms with Gasteiger partial charge in [-0.1, -0.05) is 49.6 Å². The summed E-state index contributed by atoms with van der Waals surface area (Å²) in [4.78, 5) is 0. The zero-order valence-electron chi connectivity index (χ0n) is 8.32. The molecule has 0 spiro atoms. The standard InChI is InChI=1S/2C5H9Br/c1-5(2)3-4-6;1-4-5(2,3)6/h3H,4H2,1-2H3;4H,1H2,2-3H3. The van der Waals surface area contributed by atoms with E-state index in [9.17, 15) is 0 Å². The van der Waals surface area contributed by atoms with Gasteiger partial charge in [-0.15, -0.1) is 6.58 Å². The van der Waals surface area contributed by atoms with Crippen molar-refractivity contribution in [3.05, 3.63) is 24.3 Å². The van der Waals surface area contributed by atoms with Crippen molar-refractivity contribution in [1.82, 2.24) is 0 Å². The molecule has 0 rings (SSSR count). The number of halogens is 2. The van der Waals surface area contributed by atoms with Crippen molar-refractivity contribution in [2.45, 2.75) is 32.0 Å². The van der Waals surface area contributed by atoms with E-state index in [1.54, 1.807) is 0 Å². The van der Waals surface area contributed by atoms with E-state index in [1.165, 1.54) is 5.57 Å². The highest BCUT2D eigenvalue weighted by Gasteiger charge is 2.02. The van der Waals surface area contributed by atoms with Gasteiger partial charge in [-0.25, -0.2) is 0 Å². The Morgan fingerprint density at radius 1 is 1.42 bits per heavy atom. The Kier molecular flexibility index (Phi) is 10.0. The minimum absolute atomic E-state index is 0.118.